The molecule has 138 valence electrons. The number of halogens is 1. The van der Waals surface area contributed by atoms with Crippen molar-refractivity contribution < 1.29 is 4.39 Å². The highest BCUT2D eigenvalue weighted by Gasteiger charge is 2.16. The summed E-state index contributed by atoms with van der Waals surface area (Å²) in [6, 6.07) is 15.2. The minimum Gasteiger partial charge on any atom is -0.325 e. The zero-order chi connectivity index (χ0) is 19.4. The van der Waals surface area contributed by atoms with Crippen LogP contribution in [0.25, 0.3) is 5.69 Å². The molecule has 3 aromatic rings. The lowest BCUT2D eigenvalue weighted by Gasteiger charge is -2.07. The van der Waals surface area contributed by atoms with Gasteiger partial charge >= 0.3 is 0 Å². The third kappa shape index (κ3) is 4.12. The highest BCUT2D eigenvalue weighted by molar-refractivity contribution is 7.80. The van der Waals surface area contributed by atoms with Gasteiger partial charge in [-0.2, -0.15) is 5.10 Å². The van der Waals surface area contributed by atoms with Crippen molar-refractivity contribution in [1.29, 1.82) is 0 Å². The zero-order valence-electron chi connectivity index (χ0n) is 14.8. The summed E-state index contributed by atoms with van der Waals surface area (Å²) in [7, 11) is 1.80. The first-order chi connectivity index (χ1) is 13.0. The van der Waals surface area contributed by atoms with Crippen molar-refractivity contribution >= 4 is 29.2 Å². The Bertz CT molecular complexity index is 1040. The van der Waals surface area contributed by atoms with Crippen LogP contribution in [0.5, 0.6) is 0 Å². The highest BCUT2D eigenvalue weighted by atomic mass is 32.1. The summed E-state index contributed by atoms with van der Waals surface area (Å²) >= 11 is 5.21. The fraction of sp³-hybridized carbons (Fsp3) is 0.105. The summed E-state index contributed by atoms with van der Waals surface area (Å²) < 4.78 is 16.2. The van der Waals surface area contributed by atoms with E-state index in [0.717, 1.165) is 11.4 Å². The minimum absolute atomic E-state index is 0.180. The van der Waals surface area contributed by atoms with Gasteiger partial charge in [0.25, 0.3) is 5.56 Å². The van der Waals surface area contributed by atoms with Gasteiger partial charge in [0.2, 0.25) is 0 Å². The molecule has 2 aromatic carbocycles. The van der Waals surface area contributed by atoms with Crippen molar-refractivity contribution in [3.63, 3.8) is 0 Å². The van der Waals surface area contributed by atoms with Crippen LogP contribution in [0.1, 0.15) is 11.3 Å². The first kappa shape index (κ1) is 18.5. The highest BCUT2D eigenvalue weighted by Crippen LogP contribution is 2.13. The average Bonchev–Trinajstić information content (AvgIpc) is 2.87. The van der Waals surface area contributed by atoms with Gasteiger partial charge in [0.15, 0.2) is 5.11 Å². The van der Waals surface area contributed by atoms with Crippen molar-refractivity contribution in [2.24, 2.45) is 12.1 Å². The number of nitrogens with zero attached hydrogens (tertiary/aromatic N) is 3. The summed E-state index contributed by atoms with van der Waals surface area (Å²) in [5.74, 6) is -0.313. The number of hydrogen-bond donors (Lipinski definition) is 2. The molecule has 0 aliphatic heterocycles. The molecular weight excluding hydrogens is 365 g/mol. The summed E-state index contributed by atoms with van der Waals surface area (Å²) in [5.41, 5.74) is 5.02. The van der Waals surface area contributed by atoms with Crippen molar-refractivity contribution in [3.8, 4) is 5.69 Å². The molecule has 1 aromatic heterocycles. The summed E-state index contributed by atoms with van der Waals surface area (Å²) in [6.07, 6.45) is 1.51. The van der Waals surface area contributed by atoms with Gasteiger partial charge in [0.1, 0.15) is 11.5 Å². The topological polar surface area (TPSA) is 63.4 Å². The Morgan fingerprint density at radius 2 is 1.81 bits per heavy atom. The van der Waals surface area contributed by atoms with Crippen LogP contribution >= 0.6 is 12.2 Å². The monoisotopic (exact) mass is 383 g/mol. The normalized spacial score (nSPS) is 10.9. The lowest BCUT2D eigenvalue weighted by atomic mass is 10.2. The number of hydrogen-bond acceptors (Lipinski definition) is 3. The van der Waals surface area contributed by atoms with E-state index in [4.69, 9.17) is 12.2 Å². The Hall–Kier alpha value is -3.26. The van der Waals surface area contributed by atoms with E-state index in [9.17, 15) is 9.18 Å². The van der Waals surface area contributed by atoms with E-state index < -0.39 is 0 Å². The molecule has 8 heteroatoms. The Morgan fingerprint density at radius 3 is 2.48 bits per heavy atom. The third-order valence-corrected chi connectivity index (χ3v) is 4.24. The first-order valence-electron chi connectivity index (χ1n) is 8.17. The quantitative estimate of drug-likeness (QED) is 0.413. The van der Waals surface area contributed by atoms with Crippen LogP contribution in [-0.2, 0) is 7.05 Å². The van der Waals surface area contributed by atoms with E-state index in [2.05, 4.69) is 15.8 Å². The molecule has 0 bridgehead atoms. The Balaban J connectivity index is 1.75. The number of hydrazone groups is 1. The summed E-state index contributed by atoms with van der Waals surface area (Å²) in [5, 5.41) is 7.07. The fourth-order valence-electron chi connectivity index (χ4n) is 2.57. The number of rotatable bonds is 4. The van der Waals surface area contributed by atoms with Crippen LogP contribution in [-0.4, -0.2) is 20.7 Å². The largest absolute Gasteiger partial charge is 0.325 e. The standard InChI is InChI=1S/C19H18FN5OS/c1-13-17(18(26)25(24(13)2)16-6-4-3-5-7-16)22-19(27)23-21-12-14-8-10-15(20)11-9-14/h3-12H,1-2H3,(H2,22,23,27)/b21-12-. The van der Waals surface area contributed by atoms with Crippen molar-refractivity contribution in [3.05, 3.63) is 82.0 Å². The van der Waals surface area contributed by atoms with E-state index in [1.54, 1.807) is 28.5 Å². The van der Waals surface area contributed by atoms with Crippen LogP contribution in [0.2, 0.25) is 0 Å². The van der Waals surface area contributed by atoms with Crippen molar-refractivity contribution in [2.45, 2.75) is 6.92 Å². The lowest BCUT2D eigenvalue weighted by Crippen LogP contribution is -2.28. The predicted molar refractivity (Wildman–Crippen MR) is 109 cm³/mol. The molecule has 0 amide bonds. The smallest absolute Gasteiger partial charge is 0.295 e. The lowest BCUT2D eigenvalue weighted by molar-refractivity contribution is 0.628. The average molecular weight is 383 g/mol. The van der Waals surface area contributed by atoms with E-state index in [1.165, 1.54) is 18.3 Å². The first-order valence-corrected chi connectivity index (χ1v) is 8.58. The van der Waals surface area contributed by atoms with Crippen LogP contribution in [0.15, 0.2) is 64.5 Å². The maximum atomic E-state index is 12.9. The molecule has 0 aliphatic rings. The summed E-state index contributed by atoms with van der Waals surface area (Å²) in [4.78, 5) is 12.8. The van der Waals surface area contributed by atoms with Crippen LogP contribution in [0.3, 0.4) is 0 Å². The second-order valence-corrected chi connectivity index (χ2v) is 6.22. The van der Waals surface area contributed by atoms with E-state index >= 15 is 0 Å². The van der Waals surface area contributed by atoms with Gasteiger partial charge < -0.3 is 5.32 Å². The molecule has 0 radical (unpaired) electrons. The van der Waals surface area contributed by atoms with Crippen LogP contribution in [0, 0.1) is 12.7 Å². The number of anilines is 1. The van der Waals surface area contributed by atoms with Gasteiger partial charge in [0.05, 0.1) is 17.6 Å². The van der Waals surface area contributed by atoms with Gasteiger partial charge in [-0.25, -0.2) is 9.07 Å². The molecule has 0 saturated heterocycles. The SMILES string of the molecule is Cc1c(NC(=S)N/N=C\c2ccc(F)cc2)c(=O)n(-c2ccccc2)n1C. The second kappa shape index (κ2) is 7.96. The van der Waals surface area contributed by atoms with Gasteiger partial charge in [-0.05, 0) is 49.0 Å². The van der Waals surface area contributed by atoms with Crippen LogP contribution in [0.4, 0.5) is 10.1 Å². The molecule has 2 N–H and O–H groups in total. The van der Waals surface area contributed by atoms with E-state index in [0.29, 0.717) is 11.3 Å². The maximum Gasteiger partial charge on any atom is 0.295 e. The number of nitrogens with one attached hydrogen (secondary N) is 2. The summed E-state index contributed by atoms with van der Waals surface area (Å²) in [6.45, 7) is 1.83. The maximum absolute atomic E-state index is 12.9. The van der Waals surface area contributed by atoms with Gasteiger partial charge in [0, 0.05) is 7.05 Å². The van der Waals surface area contributed by atoms with Crippen LogP contribution < -0.4 is 16.3 Å². The van der Waals surface area contributed by atoms with Gasteiger partial charge in [-0.15, -0.1) is 0 Å². The Labute approximate surface area is 160 Å². The fourth-order valence-corrected chi connectivity index (χ4v) is 2.72. The zero-order valence-corrected chi connectivity index (χ0v) is 15.6. The molecule has 6 nitrogen and oxygen atoms in total. The predicted octanol–water partition coefficient (Wildman–Crippen LogP) is 2.94. The number of benzene rings is 2. The molecule has 0 fully saturated rings. The van der Waals surface area contributed by atoms with E-state index in [-0.39, 0.29) is 16.5 Å². The molecule has 0 unspecified atom stereocenters. The third-order valence-electron chi connectivity index (χ3n) is 4.04. The molecule has 3 rings (SSSR count). The molecule has 27 heavy (non-hydrogen) atoms. The van der Waals surface area contributed by atoms with Gasteiger partial charge in [-0.3, -0.25) is 14.9 Å². The molecule has 0 atom stereocenters. The Morgan fingerprint density at radius 1 is 1.15 bits per heavy atom. The van der Waals surface area contributed by atoms with Crippen molar-refractivity contribution in [2.75, 3.05) is 5.32 Å². The van der Waals surface area contributed by atoms with Crippen molar-refractivity contribution in [1.82, 2.24) is 14.8 Å². The van der Waals surface area contributed by atoms with Gasteiger partial charge in [-0.1, -0.05) is 30.3 Å². The molecular formula is C19H18FN5OS. The minimum atomic E-state index is -0.313. The molecule has 0 spiro atoms. The molecule has 1 heterocycles. The molecule has 0 saturated carbocycles. The molecule has 0 aliphatic carbocycles. The number of para-hydroxylation sites is 1. The number of thiocarbonyl (C=S) groups is 1. The van der Waals surface area contributed by atoms with E-state index in [1.807, 2.05) is 37.3 Å². The number of aromatic nitrogens is 2. The second-order valence-electron chi connectivity index (χ2n) is 5.81. The Kier molecular flexibility index (Phi) is 5.46.